The third-order valence-corrected chi connectivity index (χ3v) is 3.19. The topological polar surface area (TPSA) is 67.6 Å². The SMILES string of the molecule is COCCN(C)Cc1ccc(C(=O)NN)s1. The Hall–Kier alpha value is -0.950. The molecule has 1 heterocycles. The summed E-state index contributed by atoms with van der Waals surface area (Å²) >= 11 is 1.45. The molecule has 1 amide bonds. The summed E-state index contributed by atoms with van der Waals surface area (Å²) in [5, 5.41) is 0. The number of amides is 1. The molecule has 0 aromatic carbocycles. The summed E-state index contributed by atoms with van der Waals surface area (Å²) in [6.07, 6.45) is 0. The molecular formula is C10H17N3O2S. The number of carbonyl (C=O) groups is 1. The van der Waals surface area contributed by atoms with Gasteiger partial charge in [-0.3, -0.25) is 15.1 Å². The highest BCUT2D eigenvalue weighted by atomic mass is 32.1. The number of hydrogen-bond acceptors (Lipinski definition) is 5. The number of rotatable bonds is 6. The first-order valence-corrected chi connectivity index (χ1v) is 5.76. The van der Waals surface area contributed by atoms with E-state index >= 15 is 0 Å². The number of nitrogens with zero attached hydrogens (tertiary/aromatic N) is 1. The molecule has 90 valence electrons. The van der Waals surface area contributed by atoms with Crippen molar-refractivity contribution in [2.75, 3.05) is 27.3 Å². The summed E-state index contributed by atoms with van der Waals surface area (Å²) in [4.78, 5) is 15.1. The minimum absolute atomic E-state index is 0.240. The van der Waals surface area contributed by atoms with Gasteiger partial charge in [-0.1, -0.05) is 0 Å². The number of likely N-dealkylation sites (N-methyl/N-ethyl adjacent to an activating group) is 1. The van der Waals surface area contributed by atoms with Crippen molar-refractivity contribution in [3.8, 4) is 0 Å². The Morgan fingerprint density at radius 3 is 3.00 bits per heavy atom. The van der Waals surface area contributed by atoms with E-state index in [1.54, 1.807) is 13.2 Å². The molecule has 6 heteroatoms. The summed E-state index contributed by atoms with van der Waals surface area (Å²) in [6, 6.07) is 3.73. The maximum atomic E-state index is 11.2. The number of hydrogen-bond donors (Lipinski definition) is 2. The maximum Gasteiger partial charge on any atom is 0.275 e. The van der Waals surface area contributed by atoms with Gasteiger partial charge in [0, 0.05) is 25.1 Å². The summed E-state index contributed by atoms with van der Waals surface area (Å²) in [5.74, 6) is 4.82. The Morgan fingerprint density at radius 2 is 2.38 bits per heavy atom. The molecule has 3 N–H and O–H groups in total. The average molecular weight is 243 g/mol. The zero-order valence-electron chi connectivity index (χ0n) is 9.53. The highest BCUT2D eigenvalue weighted by Gasteiger charge is 2.08. The van der Waals surface area contributed by atoms with E-state index in [1.165, 1.54) is 11.3 Å². The van der Waals surface area contributed by atoms with Crippen LogP contribution in [-0.4, -0.2) is 38.1 Å². The van der Waals surface area contributed by atoms with Crippen molar-refractivity contribution >= 4 is 17.2 Å². The largest absolute Gasteiger partial charge is 0.383 e. The molecule has 0 bridgehead atoms. The molecule has 0 atom stereocenters. The van der Waals surface area contributed by atoms with Crippen molar-refractivity contribution in [3.05, 3.63) is 21.9 Å². The molecule has 1 rings (SSSR count). The molecule has 0 saturated heterocycles. The summed E-state index contributed by atoms with van der Waals surface area (Å²) < 4.78 is 4.99. The number of thiophene rings is 1. The van der Waals surface area contributed by atoms with Gasteiger partial charge in [0.25, 0.3) is 5.91 Å². The lowest BCUT2D eigenvalue weighted by molar-refractivity contribution is 0.0957. The molecule has 0 fully saturated rings. The first kappa shape index (κ1) is 13.1. The van der Waals surface area contributed by atoms with Crippen LogP contribution in [-0.2, 0) is 11.3 Å². The van der Waals surface area contributed by atoms with E-state index in [0.29, 0.717) is 11.5 Å². The lowest BCUT2D eigenvalue weighted by atomic mass is 10.4. The minimum atomic E-state index is -0.240. The number of nitrogen functional groups attached to an aromatic ring is 1. The number of ether oxygens (including phenoxy) is 1. The Labute approximate surface area is 99.2 Å². The van der Waals surface area contributed by atoms with Crippen LogP contribution < -0.4 is 11.3 Å². The van der Waals surface area contributed by atoms with Crippen LogP contribution in [0.2, 0.25) is 0 Å². The van der Waals surface area contributed by atoms with Gasteiger partial charge in [-0.15, -0.1) is 11.3 Å². The number of carbonyl (C=O) groups excluding carboxylic acids is 1. The van der Waals surface area contributed by atoms with Gasteiger partial charge in [-0.2, -0.15) is 0 Å². The van der Waals surface area contributed by atoms with Crippen molar-refractivity contribution in [1.82, 2.24) is 10.3 Å². The predicted octanol–water partition coefficient (Wildman–Crippen LogP) is 0.430. The summed E-state index contributed by atoms with van der Waals surface area (Å²) in [7, 11) is 3.70. The van der Waals surface area contributed by atoms with Crippen LogP contribution in [0.15, 0.2) is 12.1 Å². The third kappa shape index (κ3) is 3.90. The Balaban J connectivity index is 2.48. The Kier molecular flexibility index (Phi) is 5.41. The number of methoxy groups -OCH3 is 1. The van der Waals surface area contributed by atoms with Gasteiger partial charge in [0.2, 0.25) is 0 Å². The van der Waals surface area contributed by atoms with Crippen molar-refractivity contribution in [1.29, 1.82) is 0 Å². The van der Waals surface area contributed by atoms with Gasteiger partial charge in [0.1, 0.15) is 0 Å². The van der Waals surface area contributed by atoms with Gasteiger partial charge in [0.05, 0.1) is 11.5 Å². The fourth-order valence-corrected chi connectivity index (χ4v) is 2.24. The van der Waals surface area contributed by atoms with Crippen molar-refractivity contribution in [2.45, 2.75) is 6.54 Å². The normalized spacial score (nSPS) is 10.8. The van der Waals surface area contributed by atoms with Gasteiger partial charge >= 0.3 is 0 Å². The molecule has 5 nitrogen and oxygen atoms in total. The van der Waals surface area contributed by atoms with Crippen molar-refractivity contribution in [3.63, 3.8) is 0 Å². The first-order valence-electron chi connectivity index (χ1n) is 4.94. The first-order chi connectivity index (χ1) is 7.67. The minimum Gasteiger partial charge on any atom is -0.383 e. The fraction of sp³-hybridized carbons (Fsp3) is 0.500. The van der Waals surface area contributed by atoms with Crippen molar-refractivity contribution in [2.24, 2.45) is 5.84 Å². The standard InChI is InChI=1S/C10H17N3O2S/c1-13(5-6-15-2)7-8-3-4-9(16-8)10(14)12-11/h3-4H,5-7,11H2,1-2H3,(H,12,14). The number of nitrogens with one attached hydrogen (secondary N) is 1. The zero-order valence-corrected chi connectivity index (χ0v) is 10.3. The summed E-state index contributed by atoms with van der Waals surface area (Å²) in [6.45, 7) is 2.39. The van der Waals surface area contributed by atoms with E-state index < -0.39 is 0 Å². The van der Waals surface area contributed by atoms with Crippen LogP contribution in [0.1, 0.15) is 14.5 Å². The Morgan fingerprint density at radius 1 is 1.62 bits per heavy atom. The molecule has 0 aliphatic carbocycles. The van der Waals surface area contributed by atoms with E-state index in [4.69, 9.17) is 10.6 Å². The molecule has 0 unspecified atom stereocenters. The molecule has 1 aromatic rings. The molecule has 0 saturated carbocycles. The maximum absolute atomic E-state index is 11.2. The predicted molar refractivity (Wildman–Crippen MR) is 64.2 cm³/mol. The molecule has 16 heavy (non-hydrogen) atoms. The molecule has 0 aliphatic rings. The van der Waals surface area contributed by atoms with E-state index in [1.807, 2.05) is 13.1 Å². The van der Waals surface area contributed by atoms with Gasteiger partial charge in [-0.05, 0) is 19.2 Å². The monoisotopic (exact) mass is 243 g/mol. The van der Waals surface area contributed by atoms with Crippen molar-refractivity contribution < 1.29 is 9.53 Å². The highest BCUT2D eigenvalue weighted by molar-refractivity contribution is 7.14. The highest BCUT2D eigenvalue weighted by Crippen LogP contribution is 2.17. The van der Waals surface area contributed by atoms with Gasteiger partial charge < -0.3 is 4.74 Å². The fourth-order valence-electron chi connectivity index (χ4n) is 1.25. The Bertz CT molecular complexity index is 341. The van der Waals surface area contributed by atoms with E-state index in [-0.39, 0.29) is 5.91 Å². The number of nitrogens with two attached hydrogens (primary N) is 1. The zero-order chi connectivity index (χ0) is 12.0. The van der Waals surface area contributed by atoms with Gasteiger partial charge in [0.15, 0.2) is 0 Å². The van der Waals surface area contributed by atoms with Crippen LogP contribution in [0, 0.1) is 0 Å². The molecule has 1 aromatic heterocycles. The van der Waals surface area contributed by atoms with Crippen LogP contribution in [0.25, 0.3) is 0 Å². The lowest BCUT2D eigenvalue weighted by Crippen LogP contribution is -2.29. The van der Waals surface area contributed by atoms with Crippen LogP contribution in [0.4, 0.5) is 0 Å². The second kappa shape index (κ2) is 6.59. The molecule has 0 spiro atoms. The molecular weight excluding hydrogens is 226 g/mol. The van der Waals surface area contributed by atoms with Crippen LogP contribution >= 0.6 is 11.3 Å². The second-order valence-electron chi connectivity index (χ2n) is 3.47. The smallest absolute Gasteiger partial charge is 0.275 e. The van der Waals surface area contributed by atoms with E-state index in [2.05, 4.69) is 10.3 Å². The number of hydrazine groups is 1. The molecule has 0 aliphatic heterocycles. The quantitative estimate of drug-likeness (QED) is 0.432. The lowest BCUT2D eigenvalue weighted by Gasteiger charge is -2.14. The summed E-state index contributed by atoms with van der Waals surface area (Å²) in [5.41, 5.74) is 2.12. The van der Waals surface area contributed by atoms with E-state index in [0.717, 1.165) is 18.0 Å². The molecule has 0 radical (unpaired) electrons. The third-order valence-electron chi connectivity index (χ3n) is 2.12. The average Bonchev–Trinajstić information content (AvgIpc) is 2.73. The van der Waals surface area contributed by atoms with Crippen LogP contribution in [0.5, 0.6) is 0 Å². The van der Waals surface area contributed by atoms with E-state index in [9.17, 15) is 4.79 Å². The van der Waals surface area contributed by atoms with Gasteiger partial charge in [-0.25, -0.2) is 5.84 Å². The van der Waals surface area contributed by atoms with Crippen LogP contribution in [0.3, 0.4) is 0 Å². The second-order valence-corrected chi connectivity index (χ2v) is 4.64.